The molecule has 0 radical (unpaired) electrons. The summed E-state index contributed by atoms with van der Waals surface area (Å²) in [7, 11) is 0. The third kappa shape index (κ3) is 4.99. The van der Waals surface area contributed by atoms with Crippen LogP contribution in [0.15, 0.2) is 162 Å². The number of fused-ring (bicyclic) bond motifs is 8. The van der Waals surface area contributed by atoms with E-state index < -0.39 is 0 Å². The van der Waals surface area contributed by atoms with Gasteiger partial charge in [0.15, 0.2) is 17.5 Å². The second-order valence-corrected chi connectivity index (χ2v) is 15.6. The average molecular weight is 725 g/mol. The number of hydrogen-bond donors (Lipinski definition) is 0. The predicted octanol–water partition coefficient (Wildman–Crippen LogP) is 13.0. The lowest BCUT2D eigenvalue weighted by molar-refractivity contribution is 0.660. The first kappa shape index (κ1) is 31.7. The molecule has 3 heterocycles. The smallest absolute Gasteiger partial charge is 0.164 e. The minimum atomic E-state index is -0.203. The van der Waals surface area contributed by atoms with Gasteiger partial charge < -0.3 is 4.42 Å². The van der Waals surface area contributed by atoms with Crippen molar-refractivity contribution >= 4 is 43.5 Å². The second-order valence-electron chi connectivity index (χ2n) is 14.6. The predicted molar refractivity (Wildman–Crippen MR) is 225 cm³/mol. The Morgan fingerprint density at radius 3 is 1.80 bits per heavy atom. The van der Waals surface area contributed by atoms with E-state index >= 15 is 0 Å². The summed E-state index contributed by atoms with van der Waals surface area (Å²) in [6.45, 7) is 4.67. The maximum atomic E-state index is 6.79. The molecule has 0 fully saturated rings. The van der Waals surface area contributed by atoms with Gasteiger partial charge in [0.05, 0.1) is 10.2 Å². The maximum Gasteiger partial charge on any atom is 0.164 e. The molecule has 260 valence electrons. The van der Waals surface area contributed by atoms with Crippen LogP contribution in [0.5, 0.6) is 0 Å². The van der Waals surface area contributed by atoms with Gasteiger partial charge in [0.2, 0.25) is 0 Å². The van der Waals surface area contributed by atoms with E-state index in [2.05, 4.69) is 92.7 Å². The van der Waals surface area contributed by atoms with Crippen molar-refractivity contribution in [2.45, 2.75) is 19.3 Å². The molecular formula is C49H32N4OS. The summed E-state index contributed by atoms with van der Waals surface area (Å²) in [5, 5.41) is 3.05. The Morgan fingerprint density at radius 1 is 0.491 bits per heavy atom. The lowest BCUT2D eigenvalue weighted by Crippen LogP contribution is -2.14. The average Bonchev–Trinajstić information content (AvgIpc) is 3.92. The SMILES string of the molecule is CC1(C)c2cc(-c3ccc(-c4nc(-c5ccccc5)nc(-c5ccccc5)n4)c4c3oc3ccccc34)ccc2-c2c1ccc1nc(-c3ccccc3)sc21. The van der Waals surface area contributed by atoms with E-state index in [0.717, 1.165) is 65.8 Å². The fourth-order valence-electron chi connectivity index (χ4n) is 8.25. The van der Waals surface area contributed by atoms with Crippen LogP contribution in [0, 0.1) is 0 Å². The molecule has 55 heavy (non-hydrogen) atoms. The molecule has 0 unspecified atom stereocenters. The Bertz CT molecular complexity index is 3050. The van der Waals surface area contributed by atoms with Crippen LogP contribution in [0.3, 0.4) is 0 Å². The van der Waals surface area contributed by atoms with Crippen molar-refractivity contribution in [1.82, 2.24) is 19.9 Å². The van der Waals surface area contributed by atoms with Crippen molar-refractivity contribution in [2.24, 2.45) is 0 Å². The molecule has 5 nitrogen and oxygen atoms in total. The van der Waals surface area contributed by atoms with Gasteiger partial charge in [0.1, 0.15) is 16.2 Å². The molecule has 0 saturated carbocycles. The molecule has 0 atom stereocenters. The van der Waals surface area contributed by atoms with Gasteiger partial charge in [-0.1, -0.05) is 141 Å². The molecule has 3 aromatic heterocycles. The highest BCUT2D eigenvalue weighted by Crippen LogP contribution is 2.54. The highest BCUT2D eigenvalue weighted by Gasteiger charge is 2.37. The molecule has 7 aromatic carbocycles. The fourth-order valence-corrected chi connectivity index (χ4v) is 9.38. The molecular weight excluding hydrogens is 693 g/mol. The first-order valence-corrected chi connectivity index (χ1v) is 19.3. The summed E-state index contributed by atoms with van der Waals surface area (Å²) in [5.41, 5.74) is 13.7. The van der Waals surface area contributed by atoms with E-state index in [1.165, 1.54) is 27.0 Å². The van der Waals surface area contributed by atoms with Crippen molar-refractivity contribution in [3.8, 4) is 67.0 Å². The fraction of sp³-hybridized carbons (Fsp3) is 0.0612. The topological polar surface area (TPSA) is 64.7 Å². The van der Waals surface area contributed by atoms with Crippen LogP contribution in [0.1, 0.15) is 25.0 Å². The van der Waals surface area contributed by atoms with Crippen molar-refractivity contribution in [1.29, 1.82) is 0 Å². The van der Waals surface area contributed by atoms with Crippen LogP contribution >= 0.6 is 11.3 Å². The first-order valence-electron chi connectivity index (χ1n) is 18.5. The normalized spacial score (nSPS) is 13.1. The van der Waals surface area contributed by atoms with E-state index in [0.29, 0.717) is 17.5 Å². The van der Waals surface area contributed by atoms with Crippen LogP contribution in [-0.2, 0) is 5.41 Å². The standard InChI is InChI=1S/C49H32N4OS/c1-49(2)37-26-27-39-44(55-48(50-39)31-18-10-5-11-19-31)42(37)34-23-22-32(28-38(34)49)33-24-25-36(41-35-20-12-13-21-40(35)54-43(33)41)47-52-45(29-14-6-3-7-15-29)51-46(53-47)30-16-8-4-9-17-30/h3-28H,1-2H3. The van der Waals surface area contributed by atoms with Crippen LogP contribution < -0.4 is 0 Å². The van der Waals surface area contributed by atoms with Crippen LogP contribution in [0.2, 0.25) is 0 Å². The van der Waals surface area contributed by atoms with E-state index in [9.17, 15) is 0 Å². The lowest BCUT2D eigenvalue weighted by Gasteiger charge is -2.22. The van der Waals surface area contributed by atoms with Gasteiger partial charge in [-0.2, -0.15) is 0 Å². The number of thiazole rings is 1. The zero-order valence-corrected chi connectivity index (χ0v) is 30.9. The Kier molecular flexibility index (Phi) is 7.00. The second kappa shape index (κ2) is 12.1. The third-order valence-electron chi connectivity index (χ3n) is 11.0. The Morgan fingerprint density at radius 2 is 1.09 bits per heavy atom. The molecule has 0 saturated heterocycles. The van der Waals surface area contributed by atoms with Gasteiger partial charge in [-0.25, -0.2) is 19.9 Å². The van der Waals surface area contributed by atoms with Crippen molar-refractivity contribution in [3.63, 3.8) is 0 Å². The van der Waals surface area contributed by atoms with Gasteiger partial charge in [-0.15, -0.1) is 11.3 Å². The number of furan rings is 1. The Labute approximate surface area is 321 Å². The largest absolute Gasteiger partial charge is 0.455 e. The lowest BCUT2D eigenvalue weighted by atomic mass is 9.81. The molecule has 10 aromatic rings. The molecule has 1 aliphatic carbocycles. The zero-order valence-electron chi connectivity index (χ0n) is 30.1. The summed E-state index contributed by atoms with van der Waals surface area (Å²) in [6.07, 6.45) is 0. The number of nitrogens with zero attached hydrogens (tertiary/aromatic N) is 4. The molecule has 0 amide bonds. The summed E-state index contributed by atoms with van der Waals surface area (Å²) >= 11 is 1.78. The van der Waals surface area contributed by atoms with E-state index in [1.807, 2.05) is 78.9 Å². The number of aromatic nitrogens is 4. The van der Waals surface area contributed by atoms with Gasteiger partial charge in [0.25, 0.3) is 0 Å². The summed E-state index contributed by atoms with van der Waals surface area (Å²) in [6, 6.07) is 54.6. The highest BCUT2D eigenvalue weighted by molar-refractivity contribution is 7.22. The van der Waals surface area contributed by atoms with Crippen molar-refractivity contribution in [2.75, 3.05) is 0 Å². The molecule has 11 rings (SSSR count). The number of rotatable bonds is 5. The van der Waals surface area contributed by atoms with Crippen LogP contribution in [-0.4, -0.2) is 19.9 Å². The van der Waals surface area contributed by atoms with E-state index in [1.54, 1.807) is 11.3 Å². The highest BCUT2D eigenvalue weighted by atomic mass is 32.1. The Balaban J connectivity index is 1.10. The Hall–Kier alpha value is -6.76. The van der Waals surface area contributed by atoms with Crippen LogP contribution in [0.25, 0.3) is 99.1 Å². The molecule has 0 aliphatic heterocycles. The van der Waals surface area contributed by atoms with Gasteiger partial charge in [0, 0.05) is 49.6 Å². The van der Waals surface area contributed by atoms with Crippen molar-refractivity contribution in [3.05, 3.63) is 169 Å². The van der Waals surface area contributed by atoms with Gasteiger partial charge >= 0.3 is 0 Å². The van der Waals surface area contributed by atoms with Gasteiger partial charge in [-0.05, 0) is 52.6 Å². The van der Waals surface area contributed by atoms with Crippen LogP contribution in [0.4, 0.5) is 0 Å². The summed E-state index contributed by atoms with van der Waals surface area (Å²) < 4.78 is 8.03. The number of hydrogen-bond acceptors (Lipinski definition) is 6. The minimum absolute atomic E-state index is 0.203. The quantitative estimate of drug-likeness (QED) is 0.177. The third-order valence-corrected chi connectivity index (χ3v) is 12.1. The first-order chi connectivity index (χ1) is 27.0. The molecule has 6 heteroatoms. The van der Waals surface area contributed by atoms with E-state index in [4.69, 9.17) is 24.4 Å². The number of para-hydroxylation sites is 1. The minimum Gasteiger partial charge on any atom is -0.455 e. The summed E-state index contributed by atoms with van der Waals surface area (Å²) in [4.78, 5) is 20.2. The molecule has 0 bridgehead atoms. The molecule has 0 spiro atoms. The molecule has 0 N–H and O–H groups in total. The van der Waals surface area contributed by atoms with E-state index in [-0.39, 0.29) is 5.41 Å². The maximum absolute atomic E-state index is 6.79. The number of benzene rings is 7. The monoisotopic (exact) mass is 724 g/mol. The zero-order chi connectivity index (χ0) is 36.7. The summed E-state index contributed by atoms with van der Waals surface area (Å²) in [5.74, 6) is 1.85. The molecule has 1 aliphatic rings. The van der Waals surface area contributed by atoms with Crippen molar-refractivity contribution < 1.29 is 4.42 Å². The van der Waals surface area contributed by atoms with Gasteiger partial charge in [-0.3, -0.25) is 0 Å².